The van der Waals surface area contributed by atoms with Crippen molar-refractivity contribution in [2.75, 3.05) is 20.3 Å². The smallest absolute Gasteiger partial charge is 0.0841 e. The van der Waals surface area contributed by atoms with Crippen LogP contribution in [-0.4, -0.2) is 30.0 Å². The summed E-state index contributed by atoms with van der Waals surface area (Å²) in [6, 6.07) is 10.6. The Morgan fingerprint density at radius 3 is 3.00 bits per heavy atom. The van der Waals surface area contributed by atoms with E-state index in [1.54, 1.807) is 18.4 Å². The summed E-state index contributed by atoms with van der Waals surface area (Å²) in [4.78, 5) is 0. The van der Waals surface area contributed by atoms with Crippen LogP contribution in [0.3, 0.4) is 0 Å². The first-order valence-electron chi connectivity index (χ1n) is 7.03. The number of hydrogen-bond donors (Lipinski definition) is 1. The number of hydrogen-bond acceptors (Lipinski definition) is 4. The van der Waals surface area contributed by atoms with Gasteiger partial charge in [0.05, 0.1) is 24.4 Å². The zero-order valence-corrected chi connectivity index (χ0v) is 12.9. The fourth-order valence-electron chi connectivity index (χ4n) is 2.38. The van der Waals surface area contributed by atoms with Gasteiger partial charge in [0, 0.05) is 25.6 Å². The van der Waals surface area contributed by atoms with Gasteiger partial charge < -0.3 is 10.1 Å². The van der Waals surface area contributed by atoms with Gasteiger partial charge in [-0.2, -0.15) is 16.4 Å². The summed E-state index contributed by atoms with van der Waals surface area (Å²) in [5.41, 5.74) is 3.58. The van der Waals surface area contributed by atoms with Crippen LogP contribution in [-0.2, 0) is 17.8 Å². The maximum Gasteiger partial charge on any atom is 0.0841 e. The molecule has 0 unspecified atom stereocenters. The molecule has 0 amide bonds. The van der Waals surface area contributed by atoms with Crippen LogP contribution in [0, 0.1) is 0 Å². The molecule has 0 fully saturated rings. The first-order valence-corrected chi connectivity index (χ1v) is 7.98. The Labute approximate surface area is 128 Å². The lowest BCUT2D eigenvalue weighted by Crippen LogP contribution is -2.19. The number of rotatable bonds is 7. The summed E-state index contributed by atoms with van der Waals surface area (Å²) in [5.74, 6) is 0. The van der Waals surface area contributed by atoms with Gasteiger partial charge in [0.1, 0.15) is 0 Å². The number of ether oxygens (including phenoxy) is 1. The fraction of sp³-hybridized carbons (Fsp3) is 0.312. The summed E-state index contributed by atoms with van der Waals surface area (Å²) in [6.07, 6.45) is 0. The minimum atomic E-state index is 0.716. The van der Waals surface area contributed by atoms with E-state index in [1.807, 2.05) is 0 Å². The summed E-state index contributed by atoms with van der Waals surface area (Å²) < 4.78 is 7.14. The maximum absolute atomic E-state index is 5.06. The van der Waals surface area contributed by atoms with Crippen LogP contribution in [0.4, 0.5) is 0 Å². The number of nitrogens with one attached hydrogen (secondary N) is 1. The molecule has 0 aliphatic carbocycles. The number of benzene rings is 1. The van der Waals surface area contributed by atoms with Crippen LogP contribution < -0.4 is 5.32 Å². The van der Waals surface area contributed by atoms with Gasteiger partial charge in [-0.3, -0.25) is 4.68 Å². The topological polar surface area (TPSA) is 39.1 Å². The lowest BCUT2D eigenvalue weighted by Gasteiger charge is -2.02. The fourth-order valence-corrected chi connectivity index (χ4v) is 3.04. The van der Waals surface area contributed by atoms with E-state index in [0.717, 1.165) is 25.3 Å². The molecule has 0 bridgehead atoms. The molecule has 21 heavy (non-hydrogen) atoms. The SMILES string of the molecule is COCCNCc1nn(Cc2ccsc2)c2ccccc12. The van der Waals surface area contributed by atoms with Crippen LogP contribution in [0.5, 0.6) is 0 Å². The predicted octanol–water partition coefficient (Wildman–Crippen LogP) is 2.88. The molecule has 3 aromatic rings. The van der Waals surface area contributed by atoms with Crippen molar-refractivity contribution in [2.24, 2.45) is 0 Å². The molecule has 3 rings (SSSR count). The Hall–Kier alpha value is -1.69. The second kappa shape index (κ2) is 6.85. The highest BCUT2D eigenvalue weighted by Gasteiger charge is 2.10. The molecule has 2 heterocycles. The molecule has 0 spiro atoms. The number of methoxy groups -OCH3 is 1. The van der Waals surface area contributed by atoms with Crippen molar-refractivity contribution in [1.82, 2.24) is 15.1 Å². The van der Waals surface area contributed by atoms with E-state index in [2.05, 4.69) is 51.1 Å². The summed E-state index contributed by atoms with van der Waals surface area (Å²) in [5, 5.41) is 13.6. The van der Waals surface area contributed by atoms with Crippen LogP contribution in [0.25, 0.3) is 10.9 Å². The van der Waals surface area contributed by atoms with Crippen molar-refractivity contribution in [3.05, 3.63) is 52.3 Å². The molecular weight excluding hydrogens is 282 g/mol. The normalized spacial score (nSPS) is 11.3. The van der Waals surface area contributed by atoms with E-state index >= 15 is 0 Å². The number of fused-ring (bicyclic) bond motifs is 1. The van der Waals surface area contributed by atoms with Crippen molar-refractivity contribution in [3.63, 3.8) is 0 Å². The highest BCUT2D eigenvalue weighted by atomic mass is 32.1. The van der Waals surface area contributed by atoms with E-state index in [1.165, 1.54) is 16.5 Å². The van der Waals surface area contributed by atoms with Gasteiger partial charge in [-0.15, -0.1) is 0 Å². The molecule has 0 saturated carbocycles. The maximum atomic E-state index is 5.06. The van der Waals surface area contributed by atoms with E-state index < -0.39 is 0 Å². The third-order valence-corrected chi connectivity index (χ3v) is 4.15. The summed E-state index contributed by atoms with van der Waals surface area (Å²) >= 11 is 1.72. The van der Waals surface area contributed by atoms with Crippen LogP contribution in [0.2, 0.25) is 0 Å². The van der Waals surface area contributed by atoms with E-state index in [0.29, 0.717) is 6.61 Å². The molecule has 1 aromatic carbocycles. The monoisotopic (exact) mass is 301 g/mol. The van der Waals surface area contributed by atoms with Gasteiger partial charge in [-0.1, -0.05) is 18.2 Å². The van der Waals surface area contributed by atoms with E-state index in [4.69, 9.17) is 9.84 Å². The van der Waals surface area contributed by atoms with Crippen LogP contribution in [0.15, 0.2) is 41.1 Å². The second-order valence-corrected chi connectivity index (χ2v) is 5.70. The Morgan fingerprint density at radius 1 is 1.29 bits per heavy atom. The molecule has 0 aliphatic heterocycles. The lowest BCUT2D eigenvalue weighted by molar-refractivity contribution is 0.199. The number of thiophene rings is 1. The van der Waals surface area contributed by atoms with Gasteiger partial charge in [0.2, 0.25) is 0 Å². The summed E-state index contributed by atoms with van der Waals surface area (Å²) in [7, 11) is 1.71. The number of nitrogens with zero attached hydrogens (tertiary/aromatic N) is 2. The Morgan fingerprint density at radius 2 is 2.19 bits per heavy atom. The minimum absolute atomic E-state index is 0.716. The number of aromatic nitrogens is 2. The Kier molecular flexibility index (Phi) is 4.65. The van der Waals surface area contributed by atoms with Crippen molar-refractivity contribution in [1.29, 1.82) is 0 Å². The van der Waals surface area contributed by atoms with Gasteiger partial charge in [0.25, 0.3) is 0 Å². The molecule has 0 atom stereocenters. The van der Waals surface area contributed by atoms with Gasteiger partial charge in [-0.25, -0.2) is 0 Å². The third kappa shape index (κ3) is 3.32. The number of para-hydroxylation sites is 1. The zero-order chi connectivity index (χ0) is 14.5. The van der Waals surface area contributed by atoms with Gasteiger partial charge in [-0.05, 0) is 28.5 Å². The Bertz CT molecular complexity index is 691. The molecule has 5 heteroatoms. The molecule has 0 saturated heterocycles. The van der Waals surface area contributed by atoms with E-state index in [-0.39, 0.29) is 0 Å². The average molecular weight is 301 g/mol. The van der Waals surface area contributed by atoms with Crippen molar-refractivity contribution < 1.29 is 4.74 Å². The molecule has 110 valence electrons. The van der Waals surface area contributed by atoms with Crippen LogP contribution >= 0.6 is 11.3 Å². The highest BCUT2D eigenvalue weighted by Crippen LogP contribution is 2.20. The Balaban J connectivity index is 1.83. The first kappa shape index (κ1) is 14.3. The van der Waals surface area contributed by atoms with Crippen LogP contribution in [0.1, 0.15) is 11.3 Å². The van der Waals surface area contributed by atoms with Crippen molar-refractivity contribution in [3.8, 4) is 0 Å². The van der Waals surface area contributed by atoms with Crippen molar-refractivity contribution >= 4 is 22.2 Å². The molecule has 4 nitrogen and oxygen atoms in total. The second-order valence-electron chi connectivity index (χ2n) is 4.92. The summed E-state index contributed by atoms with van der Waals surface area (Å²) in [6.45, 7) is 3.14. The predicted molar refractivity (Wildman–Crippen MR) is 86.7 cm³/mol. The quantitative estimate of drug-likeness (QED) is 0.682. The molecule has 2 aromatic heterocycles. The largest absolute Gasteiger partial charge is 0.383 e. The standard InChI is InChI=1S/C16H19N3OS/c1-20-8-7-17-10-15-14-4-2-3-5-16(14)19(18-15)11-13-6-9-21-12-13/h2-6,9,12,17H,7-8,10-11H2,1H3. The highest BCUT2D eigenvalue weighted by molar-refractivity contribution is 7.07. The van der Waals surface area contributed by atoms with Crippen molar-refractivity contribution in [2.45, 2.75) is 13.1 Å². The zero-order valence-electron chi connectivity index (χ0n) is 12.1. The third-order valence-electron chi connectivity index (χ3n) is 3.42. The first-order chi connectivity index (χ1) is 10.4. The molecule has 1 N–H and O–H groups in total. The molecular formula is C16H19N3OS. The van der Waals surface area contributed by atoms with Gasteiger partial charge in [0.15, 0.2) is 0 Å². The average Bonchev–Trinajstić information content (AvgIpc) is 3.13. The van der Waals surface area contributed by atoms with Gasteiger partial charge >= 0.3 is 0 Å². The molecule has 0 radical (unpaired) electrons. The van der Waals surface area contributed by atoms with E-state index in [9.17, 15) is 0 Å². The minimum Gasteiger partial charge on any atom is -0.383 e. The molecule has 0 aliphatic rings. The lowest BCUT2D eigenvalue weighted by atomic mass is 10.2.